The van der Waals surface area contributed by atoms with Gasteiger partial charge in [-0.05, 0) is 60.0 Å². The van der Waals surface area contributed by atoms with Crippen molar-refractivity contribution in [2.24, 2.45) is 0 Å². The van der Waals surface area contributed by atoms with Gasteiger partial charge >= 0.3 is 0 Å². The van der Waals surface area contributed by atoms with Gasteiger partial charge in [0.25, 0.3) is 0 Å². The van der Waals surface area contributed by atoms with E-state index in [1.807, 2.05) is 0 Å². The van der Waals surface area contributed by atoms with Crippen LogP contribution < -0.4 is 0 Å². The predicted molar refractivity (Wildman–Crippen MR) is 173 cm³/mol. The van der Waals surface area contributed by atoms with Crippen molar-refractivity contribution >= 4 is 25.0 Å². The van der Waals surface area contributed by atoms with Gasteiger partial charge in [0.1, 0.15) is 0 Å². The summed E-state index contributed by atoms with van der Waals surface area (Å²) in [5.74, 6) is 0. The van der Waals surface area contributed by atoms with E-state index in [-0.39, 0.29) is 33.4 Å². The van der Waals surface area contributed by atoms with E-state index < -0.39 is 25.0 Å². The molecule has 0 radical (unpaired) electrons. The molecule has 1 saturated heterocycles. The number of nitrogens with zero attached hydrogens (tertiary/aromatic N) is 1. The summed E-state index contributed by atoms with van der Waals surface area (Å²) in [7, 11) is -5.85. The largest absolute Gasteiger partial charge is 0.415 e. The number of likely N-dealkylation sites (tertiary alicyclic amines) is 1. The summed E-state index contributed by atoms with van der Waals surface area (Å²) in [4.78, 5) is 2.63. The quantitative estimate of drug-likeness (QED) is 0.273. The van der Waals surface area contributed by atoms with Crippen LogP contribution in [0.3, 0.4) is 0 Å². The van der Waals surface area contributed by atoms with Gasteiger partial charge in [0.05, 0.1) is 24.9 Å². The predicted octanol–water partition coefficient (Wildman–Crippen LogP) is 9.06. The fourth-order valence-electron chi connectivity index (χ4n) is 4.21. The summed E-state index contributed by atoms with van der Waals surface area (Å²) < 4.78 is 21.3. The molecule has 1 fully saturated rings. The molecule has 0 aliphatic carbocycles. The first-order valence-corrected chi connectivity index (χ1v) is 23.5. The van der Waals surface area contributed by atoms with E-state index >= 15 is 0 Å². The molecule has 38 heavy (non-hydrogen) atoms. The maximum absolute atomic E-state index is 7.27. The monoisotopic (exact) mass is 579 g/mol. The van der Waals surface area contributed by atoms with Crippen molar-refractivity contribution in [2.45, 2.75) is 148 Å². The summed E-state index contributed by atoms with van der Waals surface area (Å²) in [6, 6.07) is 11.1. The molecule has 220 valence electrons. The van der Waals surface area contributed by atoms with Crippen LogP contribution in [0.2, 0.25) is 54.4 Å². The Morgan fingerprint density at radius 3 is 1.66 bits per heavy atom. The van der Waals surface area contributed by atoms with Crippen LogP contribution in [0, 0.1) is 0 Å². The molecule has 0 saturated carbocycles. The van der Waals surface area contributed by atoms with Gasteiger partial charge < -0.3 is 13.3 Å². The van der Waals surface area contributed by atoms with Crippen LogP contribution in [-0.2, 0) is 19.8 Å². The Kier molecular flexibility index (Phi) is 10.6. The smallest absolute Gasteiger partial charge is 0.192 e. The fourth-order valence-corrected chi connectivity index (χ4v) is 7.95. The van der Waals surface area contributed by atoms with Crippen LogP contribution in [0.4, 0.5) is 0 Å². The minimum atomic E-state index is -2.01. The van der Waals surface area contributed by atoms with Crippen LogP contribution in [-0.4, -0.2) is 61.3 Å². The second kappa shape index (κ2) is 11.9. The fraction of sp³-hybridized carbons (Fsp3) is 0.806. The lowest BCUT2D eigenvalue weighted by atomic mass is 9.96. The minimum absolute atomic E-state index is 0.0906. The zero-order valence-electron chi connectivity index (χ0n) is 27.6. The molecular formula is C31H61NO3Si3. The number of piperidine rings is 1. The summed E-state index contributed by atoms with van der Waals surface area (Å²) in [5.41, 5.74) is 1.34. The van der Waals surface area contributed by atoms with Gasteiger partial charge in [-0.15, -0.1) is 0 Å². The van der Waals surface area contributed by atoms with E-state index in [0.717, 1.165) is 26.1 Å². The van der Waals surface area contributed by atoms with E-state index in [2.05, 4.69) is 137 Å². The van der Waals surface area contributed by atoms with Gasteiger partial charge in [0.2, 0.25) is 0 Å². The molecule has 3 atom stereocenters. The molecule has 0 spiro atoms. The van der Waals surface area contributed by atoms with Crippen molar-refractivity contribution in [3.05, 3.63) is 35.9 Å². The summed E-state index contributed by atoms with van der Waals surface area (Å²) in [6.07, 6.45) is 1.20. The van der Waals surface area contributed by atoms with Gasteiger partial charge in [-0.1, -0.05) is 92.6 Å². The molecule has 1 heterocycles. The molecule has 0 aromatic heterocycles. The lowest BCUT2D eigenvalue weighted by Crippen LogP contribution is -2.62. The lowest BCUT2D eigenvalue weighted by molar-refractivity contribution is -0.0576. The molecule has 4 nitrogen and oxygen atoms in total. The highest BCUT2D eigenvalue weighted by Crippen LogP contribution is 2.43. The second-order valence-corrected chi connectivity index (χ2v) is 30.5. The average molecular weight is 580 g/mol. The van der Waals surface area contributed by atoms with E-state index in [1.54, 1.807) is 0 Å². The molecule has 1 aromatic rings. The number of benzene rings is 1. The number of rotatable bonds is 9. The molecule has 2 rings (SSSR count). The SMILES string of the molecule is CC(C)(C)[Si](C)(C)OC[C@@H]1[C@@H](O[Si](C)(C)C(C)(C)C)C[C@@H](O[Si](C)(C)C(C)(C)C)CN1Cc1ccccc1. The van der Waals surface area contributed by atoms with Gasteiger partial charge in [-0.2, -0.15) is 0 Å². The average Bonchev–Trinajstić information content (AvgIpc) is 2.71. The van der Waals surface area contributed by atoms with Gasteiger partial charge in [-0.3, -0.25) is 4.90 Å². The molecule has 0 bridgehead atoms. The van der Waals surface area contributed by atoms with Crippen LogP contribution >= 0.6 is 0 Å². The van der Waals surface area contributed by atoms with Crippen molar-refractivity contribution in [1.82, 2.24) is 4.90 Å². The highest BCUT2D eigenvalue weighted by atomic mass is 28.4. The summed E-state index contributed by atoms with van der Waals surface area (Å²) >= 11 is 0. The topological polar surface area (TPSA) is 30.9 Å². The zero-order chi connectivity index (χ0) is 29.4. The molecule has 1 aromatic carbocycles. The van der Waals surface area contributed by atoms with E-state index in [9.17, 15) is 0 Å². The first-order chi connectivity index (χ1) is 17.0. The number of hydrogen-bond donors (Lipinski definition) is 0. The minimum Gasteiger partial charge on any atom is -0.415 e. The van der Waals surface area contributed by atoms with Crippen molar-refractivity contribution in [2.75, 3.05) is 13.2 Å². The highest BCUT2D eigenvalue weighted by Gasteiger charge is 2.48. The molecule has 1 aliphatic rings. The van der Waals surface area contributed by atoms with E-state index in [4.69, 9.17) is 13.3 Å². The third kappa shape index (κ3) is 8.61. The van der Waals surface area contributed by atoms with Crippen LogP contribution in [0.1, 0.15) is 74.3 Å². The summed E-state index contributed by atoms with van der Waals surface area (Å²) in [6.45, 7) is 37.8. The van der Waals surface area contributed by atoms with Crippen LogP contribution in [0.15, 0.2) is 30.3 Å². The van der Waals surface area contributed by atoms with Crippen molar-refractivity contribution in [1.29, 1.82) is 0 Å². The van der Waals surface area contributed by atoms with Crippen molar-refractivity contribution in [3.8, 4) is 0 Å². The third-order valence-corrected chi connectivity index (χ3v) is 23.5. The maximum atomic E-state index is 7.27. The Balaban J connectivity index is 2.49. The Bertz CT molecular complexity index is 882. The van der Waals surface area contributed by atoms with Gasteiger partial charge in [-0.25, -0.2) is 0 Å². The van der Waals surface area contributed by atoms with Crippen molar-refractivity contribution < 1.29 is 13.3 Å². The standard InChI is InChI=1S/C31H61NO3Si3/c1-29(2,3)36(10,11)33-24-27-28(35-38(14,15)31(7,8)9)21-26(34-37(12,13)30(4,5)6)23-32(27)22-25-19-17-16-18-20-25/h16-20,26-28H,21-24H2,1-15H3/t26-,27-,28+/m1/s1. The molecule has 1 aliphatic heterocycles. The molecule has 7 heteroatoms. The van der Waals surface area contributed by atoms with Crippen LogP contribution in [0.25, 0.3) is 0 Å². The van der Waals surface area contributed by atoms with Crippen molar-refractivity contribution in [3.63, 3.8) is 0 Å². The molecule has 0 amide bonds. The maximum Gasteiger partial charge on any atom is 0.192 e. The zero-order valence-corrected chi connectivity index (χ0v) is 30.6. The third-order valence-electron chi connectivity index (χ3n) is 10.0. The van der Waals surface area contributed by atoms with E-state index in [0.29, 0.717) is 0 Å². The van der Waals surface area contributed by atoms with E-state index in [1.165, 1.54) is 5.56 Å². The molecule has 0 N–H and O–H groups in total. The second-order valence-electron chi connectivity index (χ2n) is 16.2. The Labute approximate surface area is 239 Å². The highest BCUT2D eigenvalue weighted by molar-refractivity contribution is 6.75. The van der Waals surface area contributed by atoms with Crippen LogP contribution in [0.5, 0.6) is 0 Å². The first kappa shape index (κ1) is 33.9. The Morgan fingerprint density at radius 2 is 1.18 bits per heavy atom. The van der Waals surface area contributed by atoms with Gasteiger partial charge in [0.15, 0.2) is 25.0 Å². The molecular weight excluding hydrogens is 519 g/mol. The summed E-state index contributed by atoms with van der Waals surface area (Å²) in [5, 5.41) is 0.500. The molecule has 0 unspecified atom stereocenters. The Morgan fingerprint density at radius 1 is 0.711 bits per heavy atom. The Hall–Kier alpha value is -0.289. The van der Waals surface area contributed by atoms with Gasteiger partial charge in [0, 0.05) is 19.5 Å². The first-order valence-electron chi connectivity index (χ1n) is 14.7. The number of hydrogen-bond acceptors (Lipinski definition) is 4. The normalized spacial score (nSPS) is 23.1. The lowest BCUT2D eigenvalue weighted by Gasteiger charge is -2.51.